The molecule has 26 heavy (non-hydrogen) atoms. The van der Waals surface area contributed by atoms with E-state index in [0.29, 0.717) is 18.8 Å². The third kappa shape index (κ3) is 4.31. The monoisotopic (exact) mass is 386 g/mol. The lowest BCUT2D eigenvalue weighted by molar-refractivity contribution is -0.136. The Morgan fingerprint density at radius 3 is 2.38 bits per heavy atom. The number of nitrogens with one attached hydrogen (secondary N) is 2. The lowest BCUT2D eigenvalue weighted by Crippen LogP contribution is -2.50. The van der Waals surface area contributed by atoms with Crippen molar-refractivity contribution in [1.29, 1.82) is 0 Å². The highest BCUT2D eigenvalue weighted by Gasteiger charge is 2.52. The maximum atomic E-state index is 12.8. The van der Waals surface area contributed by atoms with Crippen LogP contribution in [0.2, 0.25) is 0 Å². The van der Waals surface area contributed by atoms with Gasteiger partial charge in [-0.15, -0.1) is 12.4 Å². The van der Waals surface area contributed by atoms with E-state index in [0.717, 1.165) is 49.8 Å². The summed E-state index contributed by atoms with van der Waals surface area (Å²) < 4.78 is 0. The van der Waals surface area contributed by atoms with Gasteiger partial charge in [-0.25, -0.2) is 4.79 Å². The summed E-state index contributed by atoms with van der Waals surface area (Å²) in [6.45, 7) is 1.97. The van der Waals surface area contributed by atoms with Gasteiger partial charge in [-0.2, -0.15) is 0 Å². The Morgan fingerprint density at radius 1 is 1.19 bits per heavy atom. The number of nitrogens with two attached hydrogens (primary N) is 1. The Morgan fingerprint density at radius 2 is 1.81 bits per heavy atom. The normalized spacial score (nSPS) is 34.4. The third-order valence-corrected chi connectivity index (χ3v) is 6.22. The van der Waals surface area contributed by atoms with Crippen LogP contribution in [0.25, 0.3) is 0 Å². The van der Waals surface area contributed by atoms with Crippen molar-refractivity contribution in [3.05, 3.63) is 0 Å². The number of carbonyl (C=O) groups excluding carboxylic acids is 3. The summed E-state index contributed by atoms with van der Waals surface area (Å²) in [6.07, 6.45) is 7.87. The van der Waals surface area contributed by atoms with Crippen molar-refractivity contribution in [2.75, 3.05) is 6.54 Å². The second-order valence-electron chi connectivity index (χ2n) is 7.93. The molecule has 0 aromatic rings. The lowest BCUT2D eigenvalue weighted by atomic mass is 9.75. The minimum absolute atomic E-state index is 0. The van der Waals surface area contributed by atoms with Crippen LogP contribution in [0.15, 0.2) is 0 Å². The predicted octanol–water partition coefficient (Wildman–Crippen LogP) is 1.69. The van der Waals surface area contributed by atoms with Gasteiger partial charge in [-0.1, -0.05) is 13.3 Å². The van der Waals surface area contributed by atoms with E-state index < -0.39 is 11.6 Å². The number of imide groups is 1. The minimum atomic E-state index is -0.777. The zero-order chi connectivity index (χ0) is 18.0. The SMILES string of the molecule is CCC1CCC2(CC1)NC(=O)N(CC(=O)NC1CCC(N)CC1)C2=O.Cl. The molecular weight excluding hydrogens is 356 g/mol. The van der Waals surface area contributed by atoms with Gasteiger partial charge in [0.2, 0.25) is 5.91 Å². The summed E-state index contributed by atoms with van der Waals surface area (Å²) in [5.41, 5.74) is 5.10. The van der Waals surface area contributed by atoms with E-state index in [2.05, 4.69) is 17.6 Å². The number of nitrogens with zero attached hydrogens (tertiary/aromatic N) is 1. The third-order valence-electron chi connectivity index (χ3n) is 6.22. The average Bonchev–Trinajstić information content (AvgIpc) is 2.82. The van der Waals surface area contributed by atoms with Crippen molar-refractivity contribution in [2.45, 2.75) is 82.3 Å². The molecule has 0 radical (unpaired) electrons. The summed E-state index contributed by atoms with van der Waals surface area (Å²) in [6, 6.07) is -0.111. The van der Waals surface area contributed by atoms with Crippen LogP contribution in [0.1, 0.15) is 64.7 Å². The molecule has 2 aliphatic carbocycles. The summed E-state index contributed by atoms with van der Waals surface area (Å²) in [5, 5.41) is 5.82. The fourth-order valence-corrected chi connectivity index (χ4v) is 4.42. The Labute approximate surface area is 161 Å². The first-order valence-electron chi connectivity index (χ1n) is 9.62. The second-order valence-corrected chi connectivity index (χ2v) is 7.93. The molecule has 1 saturated heterocycles. The molecule has 3 rings (SSSR count). The van der Waals surface area contributed by atoms with Crippen LogP contribution in [0, 0.1) is 5.92 Å². The molecule has 0 bridgehead atoms. The van der Waals surface area contributed by atoms with Crippen LogP contribution in [0.5, 0.6) is 0 Å². The Kier molecular flexibility index (Phi) is 6.91. The van der Waals surface area contributed by atoms with Crippen LogP contribution < -0.4 is 16.4 Å². The number of hydrogen-bond acceptors (Lipinski definition) is 4. The number of rotatable bonds is 4. The van der Waals surface area contributed by atoms with Gasteiger partial charge in [0.25, 0.3) is 5.91 Å². The molecule has 7 nitrogen and oxygen atoms in total. The van der Waals surface area contributed by atoms with Crippen LogP contribution in [-0.2, 0) is 9.59 Å². The number of hydrogen-bond donors (Lipinski definition) is 3. The van der Waals surface area contributed by atoms with Crippen molar-refractivity contribution in [3.8, 4) is 0 Å². The first-order valence-corrected chi connectivity index (χ1v) is 9.62. The van der Waals surface area contributed by atoms with Crippen LogP contribution in [-0.4, -0.2) is 46.9 Å². The zero-order valence-electron chi connectivity index (χ0n) is 15.5. The smallest absolute Gasteiger partial charge is 0.325 e. The highest BCUT2D eigenvalue weighted by Crippen LogP contribution is 2.37. The van der Waals surface area contributed by atoms with E-state index >= 15 is 0 Å². The maximum Gasteiger partial charge on any atom is 0.325 e. The molecule has 4 N–H and O–H groups in total. The highest BCUT2D eigenvalue weighted by molar-refractivity contribution is 6.09. The average molecular weight is 387 g/mol. The van der Waals surface area contributed by atoms with Crippen LogP contribution >= 0.6 is 12.4 Å². The summed E-state index contributed by atoms with van der Waals surface area (Å²) >= 11 is 0. The molecule has 4 amide bonds. The van der Waals surface area contributed by atoms with Gasteiger partial charge >= 0.3 is 6.03 Å². The van der Waals surface area contributed by atoms with Crippen molar-refractivity contribution < 1.29 is 14.4 Å². The number of urea groups is 1. The Hall–Kier alpha value is -1.34. The minimum Gasteiger partial charge on any atom is -0.352 e. The van der Waals surface area contributed by atoms with E-state index in [4.69, 9.17) is 5.73 Å². The van der Waals surface area contributed by atoms with Gasteiger partial charge in [-0.05, 0) is 57.3 Å². The molecule has 1 spiro atoms. The van der Waals surface area contributed by atoms with Crippen molar-refractivity contribution in [1.82, 2.24) is 15.5 Å². The molecule has 3 aliphatic rings. The first-order chi connectivity index (χ1) is 11.9. The number of amides is 4. The van der Waals surface area contributed by atoms with Crippen molar-refractivity contribution in [2.24, 2.45) is 11.7 Å². The van der Waals surface area contributed by atoms with E-state index in [9.17, 15) is 14.4 Å². The fourth-order valence-electron chi connectivity index (χ4n) is 4.42. The molecular formula is C18H31ClN4O3. The second kappa shape index (κ2) is 8.57. The Balaban J connectivity index is 0.00000243. The fraction of sp³-hybridized carbons (Fsp3) is 0.833. The maximum absolute atomic E-state index is 12.8. The summed E-state index contributed by atoms with van der Waals surface area (Å²) in [5.74, 6) is 0.140. The van der Waals surface area contributed by atoms with Crippen LogP contribution in [0.3, 0.4) is 0 Å². The van der Waals surface area contributed by atoms with E-state index in [1.165, 1.54) is 0 Å². The molecule has 1 heterocycles. The molecule has 148 valence electrons. The highest BCUT2D eigenvalue weighted by atomic mass is 35.5. The largest absolute Gasteiger partial charge is 0.352 e. The van der Waals surface area contributed by atoms with E-state index in [1.807, 2.05) is 0 Å². The van der Waals surface area contributed by atoms with Gasteiger partial charge in [0, 0.05) is 12.1 Å². The topological polar surface area (TPSA) is 105 Å². The standard InChI is InChI=1S/C18H30N4O3.ClH/c1-2-12-7-9-18(10-8-12)16(24)22(17(25)21-18)11-15(23)20-14-5-3-13(19)4-6-14;/h12-14H,2-11,19H2,1H3,(H,20,23)(H,21,25);1H. The summed E-state index contributed by atoms with van der Waals surface area (Å²) in [7, 11) is 0. The molecule has 2 saturated carbocycles. The molecule has 0 atom stereocenters. The zero-order valence-corrected chi connectivity index (χ0v) is 16.3. The summed E-state index contributed by atoms with van der Waals surface area (Å²) in [4.78, 5) is 38.5. The molecule has 0 aromatic heterocycles. The van der Waals surface area contributed by atoms with Gasteiger partial charge < -0.3 is 16.4 Å². The van der Waals surface area contributed by atoms with E-state index in [1.54, 1.807) is 0 Å². The van der Waals surface area contributed by atoms with Gasteiger partial charge in [0.15, 0.2) is 0 Å². The van der Waals surface area contributed by atoms with Gasteiger partial charge in [0.05, 0.1) is 0 Å². The molecule has 0 unspecified atom stereocenters. The van der Waals surface area contributed by atoms with Gasteiger partial charge in [-0.3, -0.25) is 14.5 Å². The molecule has 8 heteroatoms. The Bertz CT molecular complexity index is 541. The van der Waals surface area contributed by atoms with Crippen molar-refractivity contribution >= 4 is 30.3 Å². The molecule has 3 fully saturated rings. The van der Waals surface area contributed by atoms with Gasteiger partial charge in [0.1, 0.15) is 12.1 Å². The quantitative estimate of drug-likeness (QED) is 0.639. The predicted molar refractivity (Wildman–Crippen MR) is 101 cm³/mol. The van der Waals surface area contributed by atoms with Crippen molar-refractivity contribution in [3.63, 3.8) is 0 Å². The van der Waals surface area contributed by atoms with Crippen LogP contribution in [0.4, 0.5) is 4.79 Å². The number of carbonyl (C=O) groups is 3. The molecule has 0 aromatic carbocycles. The number of halogens is 1. The first kappa shape index (κ1) is 21.0. The lowest BCUT2D eigenvalue weighted by Gasteiger charge is -2.34. The van der Waals surface area contributed by atoms with E-state index in [-0.39, 0.29) is 42.8 Å². The molecule has 1 aliphatic heterocycles.